The molecule has 0 unspecified atom stereocenters. The van der Waals surface area contributed by atoms with Gasteiger partial charge in [0, 0.05) is 0 Å². The zero-order chi connectivity index (χ0) is 10.0. The summed E-state index contributed by atoms with van der Waals surface area (Å²) in [4.78, 5) is 14.2. The molecule has 0 spiro atoms. The Balaban J connectivity index is 2.29. The molecular formula is C12H13NO. The number of benzene rings is 1. The molecule has 0 aromatic heterocycles. The zero-order valence-electron chi connectivity index (χ0n) is 8.29. The standard InChI is InChI=1S/C12H13NO/c1-2-10-3-5-11(6-4-10)12(7-8-12)13-9-14/h3-6H,2,7-8H2,1H3. The third-order valence-electron chi connectivity index (χ3n) is 2.88. The Morgan fingerprint density at radius 3 is 2.43 bits per heavy atom. The summed E-state index contributed by atoms with van der Waals surface area (Å²) in [5, 5.41) is 0. The van der Waals surface area contributed by atoms with Crippen molar-refractivity contribution >= 4 is 6.08 Å². The van der Waals surface area contributed by atoms with E-state index in [4.69, 9.17) is 0 Å². The minimum Gasteiger partial charge on any atom is -0.211 e. The minimum absolute atomic E-state index is 0.214. The molecule has 1 aliphatic carbocycles. The number of nitrogens with zero attached hydrogens (tertiary/aromatic N) is 1. The molecule has 0 aliphatic heterocycles. The van der Waals surface area contributed by atoms with E-state index in [-0.39, 0.29) is 5.54 Å². The molecule has 1 saturated carbocycles. The Morgan fingerprint density at radius 1 is 1.36 bits per heavy atom. The van der Waals surface area contributed by atoms with E-state index in [1.165, 1.54) is 5.56 Å². The van der Waals surface area contributed by atoms with Crippen molar-refractivity contribution in [1.82, 2.24) is 0 Å². The lowest BCUT2D eigenvalue weighted by Crippen LogP contribution is -2.01. The number of hydrogen-bond acceptors (Lipinski definition) is 2. The maximum Gasteiger partial charge on any atom is 0.235 e. The highest BCUT2D eigenvalue weighted by molar-refractivity contribution is 5.41. The first kappa shape index (κ1) is 9.17. The van der Waals surface area contributed by atoms with Gasteiger partial charge in [0.25, 0.3) is 0 Å². The van der Waals surface area contributed by atoms with Crippen LogP contribution in [0.5, 0.6) is 0 Å². The molecule has 72 valence electrons. The van der Waals surface area contributed by atoms with E-state index in [1.807, 2.05) is 0 Å². The zero-order valence-corrected chi connectivity index (χ0v) is 8.29. The number of aryl methyl sites for hydroxylation is 1. The molecule has 1 aromatic rings. The molecule has 14 heavy (non-hydrogen) atoms. The van der Waals surface area contributed by atoms with Crippen LogP contribution < -0.4 is 0 Å². The van der Waals surface area contributed by atoms with Crippen molar-refractivity contribution in [3.05, 3.63) is 35.4 Å². The summed E-state index contributed by atoms with van der Waals surface area (Å²) in [6, 6.07) is 8.37. The molecule has 0 N–H and O–H groups in total. The first-order valence-corrected chi connectivity index (χ1v) is 4.99. The van der Waals surface area contributed by atoms with Gasteiger partial charge in [0.1, 0.15) is 0 Å². The lowest BCUT2D eigenvalue weighted by Gasteiger charge is -2.08. The smallest absolute Gasteiger partial charge is 0.211 e. The van der Waals surface area contributed by atoms with Gasteiger partial charge in [-0.15, -0.1) is 0 Å². The Kier molecular flexibility index (Phi) is 2.22. The molecule has 0 saturated heterocycles. The monoisotopic (exact) mass is 187 g/mol. The number of isocyanates is 1. The quantitative estimate of drug-likeness (QED) is 0.528. The second-order valence-electron chi connectivity index (χ2n) is 3.79. The molecule has 1 aliphatic rings. The highest BCUT2D eigenvalue weighted by atomic mass is 16.1. The number of rotatable bonds is 3. The van der Waals surface area contributed by atoms with Gasteiger partial charge in [0.2, 0.25) is 6.08 Å². The molecule has 0 radical (unpaired) electrons. The van der Waals surface area contributed by atoms with Crippen molar-refractivity contribution in [2.75, 3.05) is 0 Å². The first-order valence-electron chi connectivity index (χ1n) is 4.99. The molecule has 2 nitrogen and oxygen atoms in total. The SMILES string of the molecule is CCc1ccc(C2(N=C=O)CC2)cc1. The molecule has 0 atom stereocenters. The summed E-state index contributed by atoms with van der Waals surface area (Å²) in [7, 11) is 0. The van der Waals surface area contributed by atoms with Crippen molar-refractivity contribution in [3.63, 3.8) is 0 Å². The summed E-state index contributed by atoms with van der Waals surface area (Å²) in [6.45, 7) is 2.13. The number of hydrogen-bond donors (Lipinski definition) is 0. The third-order valence-corrected chi connectivity index (χ3v) is 2.88. The molecular weight excluding hydrogens is 174 g/mol. The number of carbonyl (C=O) groups excluding carboxylic acids is 1. The van der Waals surface area contributed by atoms with E-state index in [0.29, 0.717) is 0 Å². The Labute approximate surface area is 83.7 Å². The predicted molar refractivity (Wildman–Crippen MR) is 54.9 cm³/mol. The predicted octanol–water partition coefficient (Wildman–Crippen LogP) is 2.57. The van der Waals surface area contributed by atoms with Crippen LogP contribution in [0.15, 0.2) is 29.3 Å². The van der Waals surface area contributed by atoms with Crippen LogP contribution in [0, 0.1) is 0 Å². The van der Waals surface area contributed by atoms with Gasteiger partial charge in [0.15, 0.2) is 0 Å². The fraction of sp³-hybridized carbons (Fsp3) is 0.417. The van der Waals surface area contributed by atoms with Gasteiger partial charge >= 0.3 is 0 Å². The van der Waals surface area contributed by atoms with Crippen LogP contribution in [0.2, 0.25) is 0 Å². The molecule has 0 heterocycles. The van der Waals surface area contributed by atoms with Crippen molar-refractivity contribution < 1.29 is 4.79 Å². The second-order valence-corrected chi connectivity index (χ2v) is 3.79. The van der Waals surface area contributed by atoms with Gasteiger partial charge in [-0.2, -0.15) is 4.99 Å². The van der Waals surface area contributed by atoms with Gasteiger partial charge in [-0.05, 0) is 30.4 Å². The van der Waals surface area contributed by atoms with Crippen LogP contribution in [-0.4, -0.2) is 6.08 Å². The van der Waals surface area contributed by atoms with Gasteiger partial charge < -0.3 is 0 Å². The largest absolute Gasteiger partial charge is 0.235 e. The molecule has 1 fully saturated rings. The van der Waals surface area contributed by atoms with E-state index < -0.39 is 0 Å². The van der Waals surface area contributed by atoms with Crippen molar-refractivity contribution in [1.29, 1.82) is 0 Å². The Bertz CT molecular complexity index is 370. The average Bonchev–Trinajstić information content (AvgIpc) is 3.00. The molecule has 2 rings (SSSR count). The molecule has 2 heteroatoms. The molecule has 1 aromatic carbocycles. The van der Waals surface area contributed by atoms with Crippen molar-refractivity contribution in [3.8, 4) is 0 Å². The highest BCUT2D eigenvalue weighted by Crippen LogP contribution is 2.49. The summed E-state index contributed by atoms with van der Waals surface area (Å²) < 4.78 is 0. The maximum atomic E-state index is 10.3. The second kappa shape index (κ2) is 3.39. The van der Waals surface area contributed by atoms with Crippen LogP contribution in [-0.2, 0) is 16.8 Å². The topological polar surface area (TPSA) is 29.4 Å². The van der Waals surface area contributed by atoms with E-state index >= 15 is 0 Å². The fourth-order valence-electron chi connectivity index (χ4n) is 1.72. The lowest BCUT2D eigenvalue weighted by molar-refractivity contribution is 0.556. The van der Waals surface area contributed by atoms with Gasteiger partial charge in [-0.3, -0.25) is 0 Å². The van der Waals surface area contributed by atoms with E-state index in [1.54, 1.807) is 6.08 Å². The summed E-state index contributed by atoms with van der Waals surface area (Å²) >= 11 is 0. The van der Waals surface area contributed by atoms with Gasteiger partial charge in [0.05, 0.1) is 5.54 Å². The van der Waals surface area contributed by atoms with Crippen LogP contribution in [0.3, 0.4) is 0 Å². The number of aliphatic imine (C=N–C) groups is 1. The fourth-order valence-corrected chi connectivity index (χ4v) is 1.72. The third kappa shape index (κ3) is 1.49. The Morgan fingerprint density at radius 2 is 2.00 bits per heavy atom. The normalized spacial score (nSPS) is 17.2. The first-order chi connectivity index (χ1) is 6.80. The molecule has 0 bridgehead atoms. The lowest BCUT2D eigenvalue weighted by atomic mass is 10.0. The van der Waals surface area contributed by atoms with Crippen LogP contribution in [0.4, 0.5) is 0 Å². The van der Waals surface area contributed by atoms with E-state index in [9.17, 15) is 4.79 Å². The van der Waals surface area contributed by atoms with E-state index in [0.717, 1.165) is 24.8 Å². The average molecular weight is 187 g/mol. The highest BCUT2D eigenvalue weighted by Gasteiger charge is 2.44. The van der Waals surface area contributed by atoms with Crippen molar-refractivity contribution in [2.24, 2.45) is 4.99 Å². The van der Waals surface area contributed by atoms with Crippen LogP contribution in [0.25, 0.3) is 0 Å². The van der Waals surface area contributed by atoms with Gasteiger partial charge in [-0.25, -0.2) is 4.79 Å². The molecule has 0 amide bonds. The summed E-state index contributed by atoms with van der Waals surface area (Å²) in [5.41, 5.74) is 2.26. The van der Waals surface area contributed by atoms with Crippen molar-refractivity contribution in [2.45, 2.75) is 31.7 Å². The van der Waals surface area contributed by atoms with Crippen LogP contribution in [0.1, 0.15) is 30.9 Å². The maximum absolute atomic E-state index is 10.3. The summed E-state index contributed by atoms with van der Waals surface area (Å²) in [6.07, 6.45) is 4.68. The minimum atomic E-state index is -0.214. The van der Waals surface area contributed by atoms with Gasteiger partial charge in [-0.1, -0.05) is 31.2 Å². The van der Waals surface area contributed by atoms with E-state index in [2.05, 4.69) is 36.2 Å². The summed E-state index contributed by atoms with van der Waals surface area (Å²) in [5.74, 6) is 0. The van der Waals surface area contributed by atoms with Crippen LogP contribution >= 0.6 is 0 Å². The Hall–Kier alpha value is -1.40.